The van der Waals surface area contributed by atoms with E-state index in [1.807, 2.05) is 47.5 Å². The maximum Gasteiger partial charge on any atom is 0.230 e. The molecule has 3 heterocycles. The third-order valence-electron chi connectivity index (χ3n) is 5.21. The van der Waals surface area contributed by atoms with Gasteiger partial charge in [0, 0.05) is 28.8 Å². The van der Waals surface area contributed by atoms with Gasteiger partial charge in [-0.15, -0.1) is 0 Å². The highest BCUT2D eigenvalue weighted by Gasteiger charge is 2.41. The lowest BCUT2D eigenvalue weighted by molar-refractivity contribution is -0.0218. The molecule has 0 amide bonds. The number of phenolic OH excluding ortho intramolecular Hbond substituents is 1. The molecule has 2 aromatic carbocycles. The average molecular weight is 408 g/mol. The Morgan fingerprint density at radius 3 is 2.86 bits per heavy atom. The highest BCUT2D eigenvalue weighted by molar-refractivity contribution is 6.30. The summed E-state index contributed by atoms with van der Waals surface area (Å²) < 4.78 is 11.5. The molecule has 0 spiro atoms. The first-order valence-electron chi connectivity index (χ1n) is 9.24. The summed E-state index contributed by atoms with van der Waals surface area (Å²) in [4.78, 5) is 4.48. The molecule has 2 unspecified atom stereocenters. The largest absolute Gasteiger partial charge is 0.504 e. The summed E-state index contributed by atoms with van der Waals surface area (Å²) in [7, 11) is 1.53. The molecule has 0 radical (unpaired) electrons. The fraction of sp³-hybridized carbons (Fsp3) is 0.182. The highest BCUT2D eigenvalue weighted by Crippen LogP contribution is 2.48. The van der Waals surface area contributed by atoms with Gasteiger partial charge in [-0.2, -0.15) is 5.10 Å². The second-order valence-corrected chi connectivity index (χ2v) is 7.38. The van der Waals surface area contributed by atoms with Crippen molar-refractivity contribution >= 4 is 17.3 Å². The maximum absolute atomic E-state index is 9.92. The molecule has 0 bridgehead atoms. The molecule has 1 N–H and O–H groups in total. The molecule has 29 heavy (non-hydrogen) atoms. The second-order valence-electron chi connectivity index (χ2n) is 6.94. The van der Waals surface area contributed by atoms with Crippen molar-refractivity contribution in [3.8, 4) is 17.2 Å². The maximum atomic E-state index is 9.92. The van der Waals surface area contributed by atoms with Crippen LogP contribution in [0.1, 0.15) is 35.5 Å². The molecular formula is C22H18ClN3O3. The van der Waals surface area contributed by atoms with E-state index < -0.39 is 6.23 Å². The van der Waals surface area contributed by atoms with Crippen molar-refractivity contribution in [3.05, 3.63) is 82.6 Å². The SMILES string of the molecule is COc1cc(C2=NN3C(C2)c2cc(Cl)ccc2OC3c2ccccn2)ccc1O. The van der Waals surface area contributed by atoms with Crippen LogP contribution in [0, 0.1) is 0 Å². The lowest BCUT2D eigenvalue weighted by Gasteiger charge is -2.37. The van der Waals surface area contributed by atoms with E-state index in [9.17, 15) is 5.11 Å². The topological polar surface area (TPSA) is 67.2 Å². The molecule has 0 fully saturated rings. The van der Waals surface area contributed by atoms with E-state index in [0.29, 0.717) is 17.2 Å². The summed E-state index contributed by atoms with van der Waals surface area (Å²) in [6, 6.07) is 16.6. The molecule has 6 nitrogen and oxygen atoms in total. The molecule has 0 aliphatic carbocycles. The fourth-order valence-corrected chi connectivity index (χ4v) is 3.99. The first kappa shape index (κ1) is 17.8. The Morgan fingerprint density at radius 2 is 2.07 bits per heavy atom. The van der Waals surface area contributed by atoms with Gasteiger partial charge in [-0.3, -0.25) is 4.98 Å². The van der Waals surface area contributed by atoms with Crippen LogP contribution in [-0.2, 0) is 0 Å². The highest BCUT2D eigenvalue weighted by atomic mass is 35.5. The molecule has 5 rings (SSSR count). The zero-order valence-electron chi connectivity index (χ0n) is 15.6. The first-order chi connectivity index (χ1) is 14.1. The van der Waals surface area contributed by atoms with Crippen LogP contribution in [0.25, 0.3) is 0 Å². The predicted octanol–water partition coefficient (Wildman–Crippen LogP) is 4.69. The van der Waals surface area contributed by atoms with Gasteiger partial charge in [0.2, 0.25) is 6.23 Å². The number of hydrazone groups is 1. The summed E-state index contributed by atoms with van der Waals surface area (Å²) >= 11 is 6.26. The lowest BCUT2D eigenvalue weighted by atomic mass is 9.96. The smallest absolute Gasteiger partial charge is 0.230 e. The number of aromatic nitrogens is 1. The Kier molecular flexibility index (Phi) is 4.28. The minimum Gasteiger partial charge on any atom is -0.504 e. The molecule has 146 valence electrons. The average Bonchev–Trinajstić information content (AvgIpc) is 3.20. The number of methoxy groups -OCH3 is 1. The van der Waals surface area contributed by atoms with Crippen molar-refractivity contribution < 1.29 is 14.6 Å². The summed E-state index contributed by atoms with van der Waals surface area (Å²) in [5.41, 5.74) is 3.55. The summed E-state index contributed by atoms with van der Waals surface area (Å²) in [5, 5.41) is 17.4. The number of aromatic hydroxyl groups is 1. The number of benzene rings is 2. The van der Waals surface area contributed by atoms with Gasteiger partial charge in [0.25, 0.3) is 0 Å². The van der Waals surface area contributed by atoms with Gasteiger partial charge in [0.15, 0.2) is 11.5 Å². The normalized spacial score (nSPS) is 19.8. The summed E-state index contributed by atoms with van der Waals surface area (Å²) in [5.74, 6) is 1.29. The second kappa shape index (κ2) is 6.97. The van der Waals surface area contributed by atoms with E-state index in [1.165, 1.54) is 7.11 Å². The molecule has 3 aromatic rings. The Hall–Kier alpha value is -3.25. The van der Waals surface area contributed by atoms with Gasteiger partial charge in [-0.25, -0.2) is 5.01 Å². The molecular weight excluding hydrogens is 390 g/mol. The van der Waals surface area contributed by atoms with Gasteiger partial charge in [-0.05, 0) is 48.5 Å². The van der Waals surface area contributed by atoms with Crippen molar-refractivity contribution in [1.82, 2.24) is 9.99 Å². The van der Waals surface area contributed by atoms with Gasteiger partial charge in [-0.1, -0.05) is 17.7 Å². The van der Waals surface area contributed by atoms with E-state index in [1.54, 1.807) is 18.3 Å². The molecule has 0 saturated carbocycles. The molecule has 2 atom stereocenters. The molecule has 0 saturated heterocycles. The van der Waals surface area contributed by atoms with Gasteiger partial charge in [0.05, 0.1) is 18.9 Å². The van der Waals surface area contributed by atoms with Crippen molar-refractivity contribution in [1.29, 1.82) is 0 Å². The number of pyridine rings is 1. The van der Waals surface area contributed by atoms with Crippen molar-refractivity contribution in [3.63, 3.8) is 0 Å². The zero-order chi connectivity index (χ0) is 20.0. The summed E-state index contributed by atoms with van der Waals surface area (Å²) in [6.07, 6.45) is 1.98. The van der Waals surface area contributed by atoms with Crippen LogP contribution < -0.4 is 9.47 Å². The van der Waals surface area contributed by atoms with Gasteiger partial charge < -0.3 is 14.6 Å². The fourth-order valence-electron chi connectivity index (χ4n) is 3.81. The number of hydrogen-bond donors (Lipinski definition) is 1. The molecule has 2 aliphatic rings. The van der Waals surface area contributed by atoms with Crippen molar-refractivity contribution in [2.45, 2.75) is 18.7 Å². The minimum absolute atomic E-state index is 0.0285. The molecule has 2 aliphatic heterocycles. The van der Waals surface area contributed by atoms with E-state index in [0.717, 1.165) is 28.3 Å². The zero-order valence-corrected chi connectivity index (χ0v) is 16.4. The number of halogens is 1. The number of rotatable bonds is 3. The van der Waals surface area contributed by atoms with Crippen LogP contribution in [0.4, 0.5) is 0 Å². The molecule has 7 heteroatoms. The van der Waals surface area contributed by atoms with E-state index in [-0.39, 0.29) is 11.8 Å². The quantitative estimate of drug-likeness (QED) is 0.682. The number of phenols is 1. The Bertz CT molecular complexity index is 1100. The Balaban J connectivity index is 1.60. The van der Waals surface area contributed by atoms with Gasteiger partial charge >= 0.3 is 0 Å². The van der Waals surface area contributed by atoms with Crippen LogP contribution in [0.2, 0.25) is 5.02 Å². The Labute approximate surface area is 173 Å². The number of nitrogens with zero attached hydrogens (tertiary/aromatic N) is 3. The van der Waals surface area contributed by atoms with Crippen molar-refractivity contribution in [2.75, 3.05) is 7.11 Å². The van der Waals surface area contributed by atoms with Crippen LogP contribution >= 0.6 is 11.6 Å². The standard InChI is InChI=1S/C22H18ClN3O3/c1-28-21-10-13(5-7-19(21)27)17-12-18-15-11-14(23)6-8-20(15)29-22(26(18)25-17)16-4-2-3-9-24-16/h2-11,18,22,27H,12H2,1H3. The van der Waals surface area contributed by atoms with E-state index in [2.05, 4.69) is 4.98 Å². The third-order valence-corrected chi connectivity index (χ3v) is 5.44. The first-order valence-corrected chi connectivity index (χ1v) is 9.62. The van der Waals surface area contributed by atoms with Crippen LogP contribution in [0.3, 0.4) is 0 Å². The van der Waals surface area contributed by atoms with Gasteiger partial charge in [0.1, 0.15) is 11.4 Å². The Morgan fingerprint density at radius 1 is 1.17 bits per heavy atom. The minimum atomic E-state index is -0.439. The van der Waals surface area contributed by atoms with Crippen molar-refractivity contribution in [2.24, 2.45) is 5.10 Å². The number of hydrogen-bond acceptors (Lipinski definition) is 6. The number of ether oxygens (including phenoxy) is 2. The van der Waals surface area contributed by atoms with Crippen LogP contribution in [0.15, 0.2) is 65.9 Å². The van der Waals surface area contributed by atoms with Crippen LogP contribution in [0.5, 0.6) is 17.2 Å². The predicted molar refractivity (Wildman–Crippen MR) is 109 cm³/mol. The van der Waals surface area contributed by atoms with E-state index in [4.69, 9.17) is 26.2 Å². The monoisotopic (exact) mass is 407 g/mol. The van der Waals surface area contributed by atoms with Crippen LogP contribution in [-0.4, -0.2) is 27.9 Å². The summed E-state index contributed by atoms with van der Waals surface area (Å²) in [6.45, 7) is 0. The molecule has 1 aromatic heterocycles. The van der Waals surface area contributed by atoms with E-state index >= 15 is 0 Å². The number of fused-ring (bicyclic) bond motifs is 3. The lowest BCUT2D eigenvalue weighted by Crippen LogP contribution is -2.34. The third kappa shape index (κ3) is 3.06.